The van der Waals surface area contributed by atoms with Gasteiger partial charge in [-0.3, -0.25) is 0 Å². The number of nitrogens with zero attached hydrogens (tertiary/aromatic N) is 1. The minimum atomic E-state index is -0.943. The second-order valence-electron chi connectivity index (χ2n) is 1.94. The van der Waals surface area contributed by atoms with E-state index in [2.05, 4.69) is 4.98 Å². The van der Waals surface area contributed by atoms with E-state index in [-0.39, 0.29) is 5.69 Å². The summed E-state index contributed by atoms with van der Waals surface area (Å²) in [7, 11) is 0. The van der Waals surface area contributed by atoms with Crippen molar-refractivity contribution in [3.05, 3.63) is 15.6 Å². The number of carbonyl (C=O) groups is 1. The van der Waals surface area contributed by atoms with Gasteiger partial charge in [-0.1, -0.05) is 0 Å². The van der Waals surface area contributed by atoms with Crippen molar-refractivity contribution in [3.8, 4) is 0 Å². The molecule has 3 nitrogen and oxygen atoms in total. The van der Waals surface area contributed by atoms with Gasteiger partial charge in [0.25, 0.3) is 0 Å². The Morgan fingerprint density at radius 2 is 2.20 bits per heavy atom. The number of hydrogen-bond acceptors (Lipinski definition) is 3. The van der Waals surface area contributed by atoms with Crippen molar-refractivity contribution in [3.63, 3.8) is 0 Å². The smallest absolute Gasteiger partial charge is 0.355 e. The Morgan fingerprint density at radius 3 is 2.40 bits per heavy atom. The maximum Gasteiger partial charge on any atom is 0.355 e. The SMILES string of the molecule is Cc1nc(C(=O)O)c(C)s1. The van der Waals surface area contributed by atoms with Crippen LogP contribution >= 0.6 is 11.3 Å². The molecule has 0 aromatic carbocycles. The van der Waals surface area contributed by atoms with Gasteiger partial charge in [-0.15, -0.1) is 11.3 Å². The zero-order valence-corrected chi connectivity index (χ0v) is 6.53. The highest BCUT2D eigenvalue weighted by Gasteiger charge is 2.10. The lowest BCUT2D eigenvalue weighted by molar-refractivity contribution is 0.0690. The molecule has 10 heavy (non-hydrogen) atoms. The Hall–Kier alpha value is -0.900. The first-order valence-electron chi connectivity index (χ1n) is 2.78. The van der Waals surface area contributed by atoms with Crippen molar-refractivity contribution >= 4 is 17.3 Å². The molecule has 1 heterocycles. The van der Waals surface area contributed by atoms with Gasteiger partial charge < -0.3 is 5.11 Å². The van der Waals surface area contributed by atoms with Crippen molar-refractivity contribution in [2.24, 2.45) is 0 Å². The van der Waals surface area contributed by atoms with Crippen LogP contribution in [0.2, 0.25) is 0 Å². The first-order chi connectivity index (χ1) is 4.61. The summed E-state index contributed by atoms with van der Waals surface area (Å²) < 4.78 is 0. The maximum atomic E-state index is 10.4. The van der Waals surface area contributed by atoms with Gasteiger partial charge in [-0.25, -0.2) is 9.78 Å². The van der Waals surface area contributed by atoms with E-state index in [1.165, 1.54) is 11.3 Å². The minimum Gasteiger partial charge on any atom is -0.476 e. The first kappa shape index (κ1) is 7.21. The van der Waals surface area contributed by atoms with E-state index in [1.54, 1.807) is 13.8 Å². The third-order valence-corrected chi connectivity index (χ3v) is 1.99. The fourth-order valence-electron chi connectivity index (χ4n) is 0.727. The highest BCUT2D eigenvalue weighted by atomic mass is 32.1. The van der Waals surface area contributed by atoms with Crippen LogP contribution in [0.25, 0.3) is 0 Å². The molecule has 0 saturated carbocycles. The van der Waals surface area contributed by atoms with Gasteiger partial charge in [0.2, 0.25) is 0 Å². The van der Waals surface area contributed by atoms with Crippen LogP contribution in [0.3, 0.4) is 0 Å². The van der Waals surface area contributed by atoms with Crippen LogP contribution in [0.1, 0.15) is 20.4 Å². The van der Waals surface area contributed by atoms with Gasteiger partial charge in [0.1, 0.15) is 0 Å². The van der Waals surface area contributed by atoms with E-state index < -0.39 is 5.97 Å². The molecule has 0 atom stereocenters. The van der Waals surface area contributed by atoms with Gasteiger partial charge in [0, 0.05) is 4.88 Å². The molecular weight excluding hydrogens is 150 g/mol. The maximum absolute atomic E-state index is 10.4. The van der Waals surface area contributed by atoms with Crippen LogP contribution in [-0.4, -0.2) is 16.1 Å². The standard InChI is InChI=1S/C6H7NO2S/c1-3-5(6(8)9)7-4(2)10-3/h1-2H3,(H,8,9). The highest BCUT2D eigenvalue weighted by molar-refractivity contribution is 7.11. The zero-order chi connectivity index (χ0) is 7.72. The Kier molecular flexibility index (Phi) is 1.72. The number of carboxylic acids is 1. The molecule has 1 aromatic rings. The Labute approximate surface area is 62.3 Å². The van der Waals surface area contributed by atoms with E-state index in [9.17, 15) is 4.79 Å². The topological polar surface area (TPSA) is 50.2 Å². The average Bonchev–Trinajstić information content (AvgIpc) is 2.10. The van der Waals surface area contributed by atoms with E-state index >= 15 is 0 Å². The zero-order valence-electron chi connectivity index (χ0n) is 5.71. The molecular formula is C6H7NO2S. The lowest BCUT2D eigenvalue weighted by Crippen LogP contribution is -1.98. The molecule has 0 aliphatic rings. The molecule has 0 unspecified atom stereocenters. The van der Waals surface area contributed by atoms with Crippen molar-refractivity contribution in [1.82, 2.24) is 4.98 Å². The van der Waals surface area contributed by atoms with Gasteiger partial charge in [-0.2, -0.15) is 0 Å². The molecule has 4 heteroatoms. The Morgan fingerprint density at radius 1 is 1.60 bits per heavy atom. The minimum absolute atomic E-state index is 0.183. The number of aryl methyl sites for hydroxylation is 2. The molecule has 0 radical (unpaired) electrons. The summed E-state index contributed by atoms with van der Waals surface area (Å²) in [6.45, 7) is 3.55. The summed E-state index contributed by atoms with van der Waals surface area (Å²) >= 11 is 1.41. The number of thiazole rings is 1. The summed E-state index contributed by atoms with van der Waals surface area (Å²) in [5, 5.41) is 9.32. The van der Waals surface area contributed by atoms with E-state index in [1.807, 2.05) is 0 Å². The summed E-state index contributed by atoms with van der Waals surface area (Å²) in [5.41, 5.74) is 0.183. The van der Waals surface area contributed by atoms with Crippen molar-refractivity contribution < 1.29 is 9.90 Å². The molecule has 1 aromatic heterocycles. The summed E-state index contributed by atoms with van der Waals surface area (Å²) in [6, 6.07) is 0. The van der Waals surface area contributed by atoms with Crippen molar-refractivity contribution in [2.75, 3.05) is 0 Å². The van der Waals surface area contributed by atoms with Crippen LogP contribution in [0.15, 0.2) is 0 Å². The number of carboxylic acid groups (broad SMARTS) is 1. The fraction of sp³-hybridized carbons (Fsp3) is 0.333. The fourth-order valence-corrected chi connectivity index (χ4v) is 1.54. The molecule has 1 N–H and O–H groups in total. The Balaban J connectivity index is 3.15. The summed E-state index contributed by atoms with van der Waals surface area (Å²) in [4.78, 5) is 15.0. The largest absolute Gasteiger partial charge is 0.476 e. The van der Waals surface area contributed by atoms with E-state index in [0.717, 1.165) is 9.88 Å². The van der Waals surface area contributed by atoms with Crippen LogP contribution in [0, 0.1) is 13.8 Å². The first-order valence-corrected chi connectivity index (χ1v) is 3.60. The molecule has 0 amide bonds. The van der Waals surface area contributed by atoms with Crippen molar-refractivity contribution in [2.45, 2.75) is 13.8 Å². The summed E-state index contributed by atoms with van der Waals surface area (Å²) in [5.74, 6) is -0.943. The van der Waals surface area contributed by atoms with Crippen LogP contribution < -0.4 is 0 Å². The molecule has 0 spiro atoms. The predicted molar refractivity (Wildman–Crippen MR) is 38.5 cm³/mol. The summed E-state index contributed by atoms with van der Waals surface area (Å²) in [6.07, 6.45) is 0. The quantitative estimate of drug-likeness (QED) is 0.671. The highest BCUT2D eigenvalue weighted by Crippen LogP contribution is 2.15. The van der Waals surface area contributed by atoms with Crippen LogP contribution in [0.4, 0.5) is 0 Å². The lowest BCUT2D eigenvalue weighted by Gasteiger charge is -1.84. The van der Waals surface area contributed by atoms with Crippen LogP contribution in [0.5, 0.6) is 0 Å². The molecule has 0 fully saturated rings. The number of rotatable bonds is 1. The predicted octanol–water partition coefficient (Wildman–Crippen LogP) is 1.46. The van der Waals surface area contributed by atoms with Gasteiger partial charge >= 0.3 is 5.97 Å². The number of aromatic nitrogens is 1. The molecule has 1 rings (SSSR count). The normalized spacial score (nSPS) is 9.80. The molecule has 0 saturated heterocycles. The number of aromatic carboxylic acids is 1. The second-order valence-corrected chi connectivity index (χ2v) is 3.35. The molecule has 0 aliphatic carbocycles. The third kappa shape index (κ3) is 1.16. The average molecular weight is 157 g/mol. The van der Waals surface area contributed by atoms with Gasteiger partial charge in [-0.05, 0) is 13.8 Å². The van der Waals surface area contributed by atoms with E-state index in [4.69, 9.17) is 5.11 Å². The monoisotopic (exact) mass is 157 g/mol. The van der Waals surface area contributed by atoms with E-state index in [0.29, 0.717) is 0 Å². The van der Waals surface area contributed by atoms with Crippen molar-refractivity contribution in [1.29, 1.82) is 0 Å². The molecule has 0 bridgehead atoms. The lowest BCUT2D eigenvalue weighted by atomic mass is 10.4. The number of hydrogen-bond donors (Lipinski definition) is 1. The Bertz CT molecular complexity index is 267. The third-order valence-electron chi connectivity index (χ3n) is 1.11. The second kappa shape index (κ2) is 2.38. The van der Waals surface area contributed by atoms with Gasteiger partial charge in [0.15, 0.2) is 5.69 Å². The van der Waals surface area contributed by atoms with Gasteiger partial charge in [0.05, 0.1) is 5.01 Å². The van der Waals surface area contributed by atoms with Crippen LogP contribution in [-0.2, 0) is 0 Å². The molecule has 54 valence electrons. The molecule has 0 aliphatic heterocycles.